The zero-order valence-electron chi connectivity index (χ0n) is 79.5. The fourth-order valence-corrected chi connectivity index (χ4v) is 22.1. The Labute approximate surface area is 853 Å². The molecule has 15 rings (SSSR count). The van der Waals surface area contributed by atoms with Crippen LogP contribution in [0.1, 0.15) is 179 Å². The average molecular weight is 2090 g/mol. The predicted octanol–water partition coefficient (Wildman–Crippen LogP) is 22.1. The lowest BCUT2D eigenvalue weighted by atomic mass is 9.99. The monoisotopic (exact) mass is 2080 g/mol. The first-order valence-corrected chi connectivity index (χ1v) is 48.3. The van der Waals surface area contributed by atoms with Gasteiger partial charge in [-0.05, 0) is 189 Å². The van der Waals surface area contributed by atoms with E-state index in [0.29, 0.717) is 33.8 Å². The molecule has 0 saturated carbocycles. The Bertz CT molecular complexity index is 7760. The number of amides is 3. The largest absolute Gasteiger partial charge is 0.506 e. The van der Waals surface area contributed by atoms with Crippen LogP contribution in [0.3, 0.4) is 0 Å². The lowest BCUT2D eigenvalue weighted by Gasteiger charge is -2.45. The molecule has 3 N–H and O–H groups in total. The molecule has 0 unspecified atom stereocenters. The zero-order valence-corrected chi connectivity index (χ0v) is 86.3. The van der Waals surface area contributed by atoms with Crippen LogP contribution in [0.2, 0.25) is 45.2 Å². The number of piperazine rings is 3. The Morgan fingerprint density at radius 2 is 0.681 bits per heavy atom. The molecule has 39 heteroatoms. The normalized spacial score (nSPS) is 17.0. The minimum Gasteiger partial charge on any atom is -0.506 e. The molecule has 12 heterocycles. The van der Waals surface area contributed by atoms with Gasteiger partial charge in [0.1, 0.15) is 84.2 Å². The number of aryl methyl sites for hydroxylation is 3. The highest BCUT2D eigenvalue weighted by Crippen LogP contribution is 2.52. The van der Waals surface area contributed by atoms with Gasteiger partial charge in [-0.1, -0.05) is 153 Å². The summed E-state index contributed by atoms with van der Waals surface area (Å²) in [5.74, 6) is -8.06. The van der Waals surface area contributed by atoms with Crippen LogP contribution >= 0.6 is 104 Å². The van der Waals surface area contributed by atoms with Gasteiger partial charge in [-0.3, -0.25) is 57.4 Å². The smallest absolute Gasteiger partial charge is 0.276 e. The third-order valence-electron chi connectivity index (χ3n) is 26.2. The van der Waals surface area contributed by atoms with Gasteiger partial charge in [0.15, 0.2) is 17.5 Å². The molecule has 27 nitrogen and oxygen atoms in total. The first-order valence-electron chi connectivity index (χ1n) is 44.9. The van der Waals surface area contributed by atoms with Gasteiger partial charge in [-0.25, -0.2) is 28.1 Å². The first-order chi connectivity index (χ1) is 66.5. The lowest BCUT2D eigenvalue weighted by molar-refractivity contribution is -0.131. The first kappa shape index (κ1) is 103. The van der Waals surface area contributed by atoms with E-state index in [1.54, 1.807) is 92.5 Å². The third kappa shape index (κ3) is 17.4. The summed E-state index contributed by atoms with van der Waals surface area (Å²) in [7, 11) is 0. The summed E-state index contributed by atoms with van der Waals surface area (Å²) in [4.78, 5) is 131. The van der Waals surface area contributed by atoms with Gasteiger partial charge in [0, 0.05) is 127 Å². The number of anilines is 3. The van der Waals surface area contributed by atoms with Crippen molar-refractivity contribution in [2.75, 3.05) is 54.0 Å². The number of carbonyl (C=O) groups is 3. The van der Waals surface area contributed by atoms with Crippen molar-refractivity contribution >= 4 is 184 Å². The van der Waals surface area contributed by atoms with Crippen molar-refractivity contribution in [2.24, 2.45) is 0 Å². The second-order valence-electron chi connectivity index (χ2n) is 36.8. The fraction of sp³-hybridized carbons (Fsp3) is 0.324. The Morgan fingerprint density at radius 1 is 0.411 bits per heavy atom. The molecular weight excluding hydrogens is 2000 g/mol. The van der Waals surface area contributed by atoms with Crippen LogP contribution in [0.4, 0.5) is 30.2 Å². The van der Waals surface area contributed by atoms with E-state index < -0.39 is 141 Å². The van der Waals surface area contributed by atoms with E-state index in [9.17, 15) is 35.9 Å². The summed E-state index contributed by atoms with van der Waals surface area (Å²) in [5, 5.41) is 65.6. The summed E-state index contributed by atoms with van der Waals surface area (Å²) in [6.07, 6.45) is 8.54. The van der Waals surface area contributed by atoms with Gasteiger partial charge in [0.05, 0.1) is 110 Å². The SMILES string of the molecule is C=CC(=O)N1[C@H](C)CN(c2c(C#N)c(=O)n(-c3c(C)cc(/C=C\C(=O)N4[C@H](C)CN(c5c(C#N)c(=O)n(-c6c(C)cc(/C=C\C(=O)N7[C@H](C)CN(c8c(C#N)c(=O)n(-c9c(C)ccnc9C(C)C)c9nc(-c%10c(C)c(Cl)c(F)c(Cl)c%10O)c(Cl)cc89)C[C@@H]7C)nc6C(C)C)c6nc(-c7c(C)c(Cl)c(F)c(Cl)c7O)c(Cl)cc56)C[C@@H]4C)nc3C(C)C)c3nc(-c4c(C)c(Cl)c(F)c(Cl)c4O)c(Cl)cc23)C[C@@H]1C. The Balaban J connectivity index is 0.771. The number of aromatic hydroxyl groups is 3. The number of hydrogen-bond acceptors (Lipinski definition) is 21. The van der Waals surface area contributed by atoms with Crippen molar-refractivity contribution in [3.05, 3.63) is 240 Å². The van der Waals surface area contributed by atoms with Gasteiger partial charge >= 0.3 is 0 Å². The molecule has 3 aliphatic rings. The number of fused-ring (bicyclic) bond motifs is 3. The van der Waals surface area contributed by atoms with Gasteiger partial charge in [-0.2, -0.15) is 15.8 Å². The van der Waals surface area contributed by atoms with Gasteiger partial charge in [0.25, 0.3) is 16.7 Å². The standard InChI is InChI=1S/C102H92Cl9F3N18O9/c1-20-67(133)127-47(11)35-124(36-48(127)12)92-59-30-65(104)86(71-54(18)74(107)80(113)77(110)95(71)137)122-98(59)131(101(140)62(92)33-116)89-45(9)27-56(119-83(89)42(4)5)22-24-69(135)129-51(15)39-126(40-52(129)16)93-60-31-66(105)87(72-55(19)75(108)81(114)78(111)96(72)138)123-99(60)132(102(141)63(93)34-117)90-46(10)28-57(120-84(90)43(6)7)21-23-68(134)128-49(13)37-125(38-50(128)14)91-58-29-64(103)85(70-53(17)73(106)79(112)76(109)94(70)136)121-97(58)130(100(139)61(91)32-115)88-44(8)25-26-118-82(88)41(2)3/h20-31,41-43,47-52,136-138H,1,35-40H2,2-19H3/b23-21-,24-22-/t47-,48+,49-,50+,51-,52+. The summed E-state index contributed by atoms with van der Waals surface area (Å²) < 4.78 is 50.2. The van der Waals surface area contributed by atoms with Crippen molar-refractivity contribution in [1.82, 2.24) is 58.3 Å². The minimum absolute atomic E-state index is 0.0116. The summed E-state index contributed by atoms with van der Waals surface area (Å²) in [6, 6.07) is 12.3. The number of hydrogen-bond donors (Lipinski definition) is 3. The number of nitriles is 3. The number of phenols is 3. The highest BCUT2D eigenvalue weighted by atomic mass is 35.5. The number of aromatic nitrogens is 9. The van der Waals surface area contributed by atoms with Crippen LogP contribution in [0.15, 0.2) is 81.8 Å². The molecule has 141 heavy (non-hydrogen) atoms. The lowest BCUT2D eigenvalue weighted by Crippen LogP contribution is -2.58. The molecule has 12 aromatic rings. The molecule has 0 aliphatic carbocycles. The maximum absolute atomic E-state index is 16.1. The van der Waals surface area contributed by atoms with E-state index in [0.717, 1.165) is 0 Å². The van der Waals surface area contributed by atoms with E-state index in [1.165, 1.54) is 83.1 Å². The number of carbonyl (C=O) groups excluding carboxylic acids is 3. The second-order valence-corrected chi connectivity index (χ2v) is 40.3. The fourth-order valence-electron chi connectivity index (χ4n) is 20.1. The molecule has 728 valence electrons. The molecule has 0 spiro atoms. The highest BCUT2D eigenvalue weighted by molar-refractivity contribution is 6.40. The quantitative estimate of drug-likeness (QED) is 0.0563. The van der Waals surface area contributed by atoms with Crippen molar-refractivity contribution < 1.29 is 42.9 Å². The number of halogens is 12. The van der Waals surface area contributed by atoms with E-state index in [-0.39, 0.29) is 212 Å². The number of benzene rings is 3. The van der Waals surface area contributed by atoms with E-state index >= 15 is 37.1 Å². The highest BCUT2D eigenvalue weighted by Gasteiger charge is 2.43. The van der Waals surface area contributed by atoms with E-state index in [4.69, 9.17) is 129 Å². The molecular formula is C102H92Cl9F3N18O9. The number of phenolic OH excluding ortho intramolecular Hbond substituents is 3. The van der Waals surface area contributed by atoms with Crippen LogP contribution in [0.25, 0.3) is 96.1 Å². The molecule has 3 aromatic carbocycles. The predicted molar refractivity (Wildman–Crippen MR) is 549 cm³/mol. The Hall–Kier alpha value is -12.5. The Morgan fingerprint density at radius 3 is 0.943 bits per heavy atom. The number of pyridine rings is 9. The van der Waals surface area contributed by atoms with E-state index in [1.807, 2.05) is 65.2 Å². The molecule has 3 amide bonds. The average Bonchev–Trinajstić information content (AvgIpc) is 0.725. The summed E-state index contributed by atoms with van der Waals surface area (Å²) in [5.41, 5.74) is -0.451. The molecule has 3 fully saturated rings. The van der Waals surface area contributed by atoms with Crippen molar-refractivity contribution in [1.29, 1.82) is 15.8 Å². The van der Waals surface area contributed by atoms with Gasteiger partial charge < -0.3 is 44.7 Å². The molecule has 0 radical (unpaired) electrons. The van der Waals surface area contributed by atoms with E-state index in [2.05, 4.69) is 29.8 Å². The van der Waals surface area contributed by atoms with Gasteiger partial charge in [0.2, 0.25) is 17.7 Å². The van der Waals surface area contributed by atoms with Crippen molar-refractivity contribution in [2.45, 2.75) is 179 Å². The molecule has 0 bridgehead atoms. The molecule has 6 atom stereocenters. The van der Waals surface area contributed by atoms with Crippen LogP contribution in [-0.4, -0.2) is 167 Å². The van der Waals surface area contributed by atoms with Crippen molar-refractivity contribution in [3.63, 3.8) is 0 Å². The van der Waals surface area contributed by atoms with Crippen LogP contribution < -0.4 is 31.4 Å². The molecule has 3 aliphatic heterocycles. The number of nitrogens with zero attached hydrogens (tertiary/aromatic N) is 18. The topological polar surface area (TPSA) is 346 Å². The maximum atomic E-state index is 16.1. The van der Waals surface area contributed by atoms with Crippen LogP contribution in [0.5, 0.6) is 17.2 Å². The summed E-state index contributed by atoms with van der Waals surface area (Å²) in [6.45, 7) is 35.4. The second kappa shape index (κ2) is 39.4. The Kier molecular flexibility index (Phi) is 28.8. The third-order valence-corrected chi connectivity index (χ3v) is 29.5. The maximum Gasteiger partial charge on any atom is 0.276 e. The zero-order chi connectivity index (χ0) is 103. The van der Waals surface area contributed by atoms with Gasteiger partial charge in [-0.15, -0.1) is 0 Å². The van der Waals surface area contributed by atoms with Crippen molar-refractivity contribution in [3.8, 4) is 86.3 Å². The number of rotatable bonds is 17. The van der Waals surface area contributed by atoms with Crippen LogP contribution in [-0.2, 0) is 14.4 Å². The van der Waals surface area contributed by atoms with Crippen LogP contribution in [0, 0.1) is 93.0 Å². The molecule has 3 saturated heterocycles. The molecule has 9 aromatic heterocycles. The summed E-state index contributed by atoms with van der Waals surface area (Å²) >= 11 is 60.4. The minimum atomic E-state index is -1.13.